The highest BCUT2D eigenvalue weighted by molar-refractivity contribution is 7.91. The van der Waals surface area contributed by atoms with Crippen molar-refractivity contribution >= 4 is 9.84 Å². The van der Waals surface area contributed by atoms with E-state index in [2.05, 4.69) is 0 Å². The number of hydrogen-bond donors (Lipinski definition) is 0. The number of piperidine rings is 1. The van der Waals surface area contributed by atoms with Crippen molar-refractivity contribution in [2.24, 2.45) is 0 Å². The first-order chi connectivity index (χ1) is 7.02. The highest BCUT2D eigenvalue weighted by Gasteiger charge is 2.33. The van der Waals surface area contributed by atoms with Gasteiger partial charge in [-0.05, 0) is 19.3 Å². The number of hydroxylamine groups is 2. The SMILES string of the molecule is O=S1(=O)CCN([N+]2([O-])CCCCC2)CC1. The van der Waals surface area contributed by atoms with Crippen LogP contribution in [0.2, 0.25) is 0 Å². The third-order valence-electron chi connectivity index (χ3n) is 3.35. The molecule has 0 unspecified atom stereocenters. The summed E-state index contributed by atoms with van der Waals surface area (Å²) in [5, 5.41) is 14.1. The second-order valence-corrected chi connectivity index (χ2v) is 6.76. The van der Waals surface area contributed by atoms with Crippen LogP contribution in [0.1, 0.15) is 19.3 Å². The average molecular weight is 234 g/mol. The molecular formula is C9H18N2O3S. The van der Waals surface area contributed by atoms with E-state index < -0.39 is 9.84 Å². The molecule has 5 nitrogen and oxygen atoms in total. The van der Waals surface area contributed by atoms with Gasteiger partial charge in [-0.15, -0.1) is 0 Å². The molecule has 0 aromatic heterocycles. The first-order valence-electron chi connectivity index (χ1n) is 5.56. The van der Waals surface area contributed by atoms with Gasteiger partial charge in [0.15, 0.2) is 9.84 Å². The smallest absolute Gasteiger partial charge is 0.153 e. The van der Waals surface area contributed by atoms with Gasteiger partial charge in [-0.25, -0.2) is 8.42 Å². The predicted molar refractivity (Wildman–Crippen MR) is 57.4 cm³/mol. The van der Waals surface area contributed by atoms with E-state index in [0.717, 1.165) is 19.3 Å². The lowest BCUT2D eigenvalue weighted by Crippen LogP contribution is -2.62. The molecule has 0 aliphatic carbocycles. The molecule has 2 aliphatic rings. The van der Waals surface area contributed by atoms with Crippen molar-refractivity contribution < 1.29 is 13.2 Å². The first-order valence-corrected chi connectivity index (χ1v) is 7.38. The lowest BCUT2D eigenvalue weighted by Gasteiger charge is -2.52. The number of nitrogens with zero attached hydrogens (tertiary/aromatic N) is 2. The van der Waals surface area contributed by atoms with Crippen molar-refractivity contribution in [3.63, 3.8) is 0 Å². The topological polar surface area (TPSA) is 60.4 Å². The van der Waals surface area contributed by atoms with E-state index in [0.29, 0.717) is 26.2 Å². The molecule has 0 bridgehead atoms. The van der Waals surface area contributed by atoms with Crippen LogP contribution in [0.4, 0.5) is 0 Å². The Kier molecular flexibility index (Phi) is 3.03. The first kappa shape index (κ1) is 11.3. The normalized spacial score (nSPS) is 31.3. The highest BCUT2D eigenvalue weighted by atomic mass is 32.2. The summed E-state index contributed by atoms with van der Waals surface area (Å²) >= 11 is 0. The molecule has 0 N–H and O–H groups in total. The Labute approximate surface area is 90.7 Å². The Bertz CT molecular complexity index is 308. The number of quaternary nitrogens is 1. The van der Waals surface area contributed by atoms with Crippen LogP contribution in [0.3, 0.4) is 0 Å². The van der Waals surface area contributed by atoms with Crippen molar-refractivity contribution in [1.29, 1.82) is 0 Å². The van der Waals surface area contributed by atoms with E-state index in [1.165, 1.54) is 0 Å². The standard InChI is InChI=1S/C9H18N2O3S/c12-11(6-2-1-3-7-11)10-4-8-15(13,14)9-5-10/h1-9H2. The minimum atomic E-state index is -2.87. The van der Waals surface area contributed by atoms with Gasteiger partial charge in [-0.3, -0.25) is 4.76 Å². The largest absolute Gasteiger partial charge is 0.611 e. The Morgan fingerprint density at radius 3 is 2.07 bits per heavy atom. The maximum absolute atomic E-state index is 12.4. The van der Waals surface area contributed by atoms with E-state index in [9.17, 15) is 13.6 Å². The lowest BCUT2D eigenvalue weighted by molar-refractivity contribution is -0.997. The van der Waals surface area contributed by atoms with E-state index in [1.54, 1.807) is 5.01 Å². The summed E-state index contributed by atoms with van der Waals surface area (Å²) in [6.45, 7) is 2.07. The molecule has 15 heavy (non-hydrogen) atoms. The number of hydrogen-bond acceptors (Lipinski definition) is 4. The summed E-state index contributed by atoms with van der Waals surface area (Å²) in [4.78, 5) is 0. The summed E-state index contributed by atoms with van der Waals surface area (Å²) in [6, 6.07) is 0. The van der Waals surface area contributed by atoms with Crippen LogP contribution >= 0.6 is 0 Å². The quantitative estimate of drug-likeness (QED) is 0.478. The van der Waals surface area contributed by atoms with Gasteiger partial charge in [0, 0.05) is 0 Å². The Morgan fingerprint density at radius 1 is 1.00 bits per heavy atom. The number of sulfone groups is 1. The molecule has 0 aromatic rings. The van der Waals surface area contributed by atoms with Crippen molar-refractivity contribution in [1.82, 2.24) is 5.01 Å². The Hall–Kier alpha value is -0.170. The zero-order valence-electron chi connectivity index (χ0n) is 8.89. The van der Waals surface area contributed by atoms with Crippen LogP contribution in [0.15, 0.2) is 0 Å². The summed E-state index contributed by atoms with van der Waals surface area (Å²) in [6.07, 6.45) is 3.06. The van der Waals surface area contributed by atoms with Gasteiger partial charge in [-0.1, -0.05) is 0 Å². The van der Waals surface area contributed by atoms with Crippen molar-refractivity contribution in [2.45, 2.75) is 19.3 Å². The molecule has 0 amide bonds. The molecule has 2 aliphatic heterocycles. The molecule has 88 valence electrons. The van der Waals surface area contributed by atoms with Crippen molar-refractivity contribution in [2.75, 3.05) is 37.7 Å². The van der Waals surface area contributed by atoms with Crippen molar-refractivity contribution in [3.8, 4) is 0 Å². The highest BCUT2D eigenvalue weighted by Crippen LogP contribution is 2.22. The average Bonchev–Trinajstić information content (AvgIpc) is 2.18. The molecule has 0 atom stereocenters. The lowest BCUT2D eigenvalue weighted by atomic mass is 10.1. The molecule has 0 aromatic carbocycles. The maximum atomic E-state index is 12.4. The fraction of sp³-hybridized carbons (Fsp3) is 1.00. The molecule has 0 radical (unpaired) electrons. The van der Waals surface area contributed by atoms with E-state index in [1.807, 2.05) is 0 Å². The summed E-state index contributed by atoms with van der Waals surface area (Å²) in [5.74, 6) is 0.296. The molecule has 2 heterocycles. The monoisotopic (exact) mass is 234 g/mol. The van der Waals surface area contributed by atoms with Gasteiger partial charge in [0.25, 0.3) is 0 Å². The molecule has 2 fully saturated rings. The molecular weight excluding hydrogens is 216 g/mol. The fourth-order valence-corrected chi connectivity index (χ4v) is 3.54. The molecule has 2 rings (SSSR count). The fourth-order valence-electron chi connectivity index (χ4n) is 2.36. The summed E-state index contributed by atoms with van der Waals surface area (Å²) < 4.78 is 22.2. The second-order valence-electron chi connectivity index (χ2n) is 4.46. The second kappa shape index (κ2) is 4.01. The number of rotatable bonds is 1. The third kappa shape index (κ3) is 2.50. The predicted octanol–water partition coefficient (Wildman–Crippen LogP) is 0.130. The van der Waals surface area contributed by atoms with Gasteiger partial charge < -0.3 is 5.21 Å². The Morgan fingerprint density at radius 2 is 1.53 bits per heavy atom. The zero-order valence-corrected chi connectivity index (χ0v) is 9.71. The zero-order chi connectivity index (χ0) is 10.9. The Balaban J connectivity index is 2.00. The molecule has 0 spiro atoms. The summed E-state index contributed by atoms with van der Waals surface area (Å²) in [7, 11) is -2.87. The van der Waals surface area contributed by atoms with Crippen LogP contribution < -0.4 is 0 Å². The molecule has 6 heteroatoms. The van der Waals surface area contributed by atoms with Crippen LogP contribution in [0, 0.1) is 5.21 Å². The van der Waals surface area contributed by atoms with Crippen molar-refractivity contribution in [3.05, 3.63) is 5.21 Å². The van der Waals surface area contributed by atoms with E-state index >= 15 is 0 Å². The molecule has 2 saturated heterocycles. The van der Waals surface area contributed by atoms with Crippen LogP contribution in [-0.2, 0) is 9.84 Å². The van der Waals surface area contributed by atoms with E-state index in [4.69, 9.17) is 0 Å². The molecule has 0 saturated carbocycles. The van der Waals surface area contributed by atoms with Gasteiger partial charge in [-0.2, -0.15) is 5.01 Å². The van der Waals surface area contributed by atoms with Gasteiger partial charge in [0.2, 0.25) is 0 Å². The maximum Gasteiger partial charge on any atom is 0.153 e. The minimum absolute atomic E-state index is 0.148. The summed E-state index contributed by atoms with van der Waals surface area (Å²) in [5.41, 5.74) is 0. The third-order valence-corrected chi connectivity index (χ3v) is 4.96. The van der Waals surface area contributed by atoms with Gasteiger partial charge in [0.05, 0.1) is 37.7 Å². The van der Waals surface area contributed by atoms with Gasteiger partial charge in [0.1, 0.15) is 0 Å². The van der Waals surface area contributed by atoms with Crippen LogP contribution in [0.5, 0.6) is 0 Å². The van der Waals surface area contributed by atoms with Crippen LogP contribution in [0.25, 0.3) is 0 Å². The van der Waals surface area contributed by atoms with E-state index in [-0.39, 0.29) is 16.3 Å². The van der Waals surface area contributed by atoms with Crippen LogP contribution in [-0.4, -0.2) is 55.9 Å². The minimum Gasteiger partial charge on any atom is -0.611 e. The van der Waals surface area contributed by atoms with Gasteiger partial charge >= 0.3 is 0 Å².